The maximum absolute atomic E-state index is 12.8. The third-order valence-corrected chi connectivity index (χ3v) is 5.96. The predicted octanol–water partition coefficient (Wildman–Crippen LogP) is 4.12. The first kappa shape index (κ1) is 30.6. The molecule has 0 aromatic heterocycles. The average molecular weight is 492 g/mol. The van der Waals surface area contributed by atoms with Crippen LogP contribution in [0.1, 0.15) is 107 Å². The molecule has 8 heteroatoms. The fourth-order valence-corrected chi connectivity index (χ4v) is 3.77. The van der Waals surface area contributed by atoms with Gasteiger partial charge in [0.2, 0.25) is 11.6 Å². The van der Waals surface area contributed by atoms with E-state index in [1.165, 1.54) is 31.4 Å². The van der Waals surface area contributed by atoms with Gasteiger partial charge in [0.05, 0.1) is 12.1 Å². The normalized spacial score (nSPS) is 12.7. The fraction of sp³-hybridized carbons (Fsp3) is 0.667. The van der Waals surface area contributed by atoms with Crippen LogP contribution in [-0.4, -0.2) is 46.8 Å². The SMILES string of the molecule is CCCCCCCCCC(=O)NC(O)(CNCc1ccc(C(=O)O)cc1)C(=O)NCCCCCC. The molecule has 35 heavy (non-hydrogen) atoms. The van der Waals surface area contributed by atoms with Crippen LogP contribution in [0.25, 0.3) is 0 Å². The molecule has 198 valence electrons. The second-order valence-electron chi connectivity index (χ2n) is 9.20. The summed E-state index contributed by atoms with van der Waals surface area (Å²) >= 11 is 0. The second-order valence-corrected chi connectivity index (χ2v) is 9.20. The summed E-state index contributed by atoms with van der Waals surface area (Å²) in [4.78, 5) is 36.3. The van der Waals surface area contributed by atoms with Crippen molar-refractivity contribution >= 4 is 17.8 Å². The van der Waals surface area contributed by atoms with Gasteiger partial charge in [-0.15, -0.1) is 0 Å². The molecule has 0 spiro atoms. The van der Waals surface area contributed by atoms with E-state index < -0.39 is 17.6 Å². The van der Waals surface area contributed by atoms with Gasteiger partial charge in [0, 0.05) is 19.5 Å². The van der Waals surface area contributed by atoms with Gasteiger partial charge in [-0.1, -0.05) is 83.8 Å². The van der Waals surface area contributed by atoms with Gasteiger partial charge in [-0.25, -0.2) is 4.79 Å². The lowest BCUT2D eigenvalue weighted by Gasteiger charge is -2.28. The number of carbonyl (C=O) groups is 3. The molecule has 0 radical (unpaired) electrons. The van der Waals surface area contributed by atoms with Gasteiger partial charge in [0.25, 0.3) is 5.91 Å². The highest BCUT2D eigenvalue weighted by atomic mass is 16.4. The minimum Gasteiger partial charge on any atom is -0.478 e. The van der Waals surface area contributed by atoms with Crippen LogP contribution >= 0.6 is 0 Å². The average Bonchev–Trinajstić information content (AvgIpc) is 2.83. The Morgan fingerprint density at radius 2 is 1.40 bits per heavy atom. The molecule has 0 saturated heterocycles. The van der Waals surface area contributed by atoms with Gasteiger partial charge >= 0.3 is 5.97 Å². The second kappa shape index (κ2) is 17.9. The quantitative estimate of drug-likeness (QED) is 0.138. The van der Waals surface area contributed by atoms with Gasteiger partial charge in [-0.2, -0.15) is 0 Å². The Morgan fingerprint density at radius 3 is 2.00 bits per heavy atom. The Labute approximate surface area is 210 Å². The third-order valence-electron chi connectivity index (χ3n) is 5.96. The molecule has 0 aliphatic carbocycles. The molecule has 8 nitrogen and oxygen atoms in total. The van der Waals surface area contributed by atoms with Crippen LogP contribution < -0.4 is 16.0 Å². The summed E-state index contributed by atoms with van der Waals surface area (Å²) in [5, 5.41) is 28.4. The molecule has 0 aliphatic heterocycles. The molecule has 0 aliphatic rings. The molecule has 5 N–H and O–H groups in total. The molecular weight excluding hydrogens is 446 g/mol. The van der Waals surface area contributed by atoms with Crippen molar-refractivity contribution in [2.75, 3.05) is 13.1 Å². The molecule has 0 fully saturated rings. The molecule has 0 bridgehead atoms. The Kier molecular flexibility index (Phi) is 15.6. The van der Waals surface area contributed by atoms with Crippen molar-refractivity contribution in [2.45, 2.75) is 103 Å². The monoisotopic (exact) mass is 491 g/mol. The van der Waals surface area contributed by atoms with Crippen molar-refractivity contribution in [1.82, 2.24) is 16.0 Å². The minimum absolute atomic E-state index is 0.169. The van der Waals surface area contributed by atoms with Crippen LogP contribution in [0.5, 0.6) is 0 Å². The number of aliphatic hydroxyl groups is 1. The van der Waals surface area contributed by atoms with E-state index in [0.29, 0.717) is 13.1 Å². The van der Waals surface area contributed by atoms with E-state index in [9.17, 15) is 19.5 Å². The van der Waals surface area contributed by atoms with Gasteiger partial charge < -0.3 is 26.2 Å². The number of aromatic carboxylic acids is 1. The zero-order chi connectivity index (χ0) is 25.9. The Balaban J connectivity index is 2.60. The van der Waals surface area contributed by atoms with E-state index in [-0.39, 0.29) is 24.4 Å². The molecule has 1 atom stereocenters. The van der Waals surface area contributed by atoms with Gasteiger partial charge in [0.15, 0.2) is 0 Å². The van der Waals surface area contributed by atoms with Crippen molar-refractivity contribution < 1.29 is 24.6 Å². The summed E-state index contributed by atoms with van der Waals surface area (Å²) in [5.41, 5.74) is -1.08. The summed E-state index contributed by atoms with van der Waals surface area (Å²) in [7, 11) is 0. The van der Waals surface area contributed by atoms with Crippen molar-refractivity contribution in [2.24, 2.45) is 0 Å². The summed E-state index contributed by atoms with van der Waals surface area (Å²) in [5.74, 6) is -1.98. The number of hydrogen-bond donors (Lipinski definition) is 5. The first-order valence-corrected chi connectivity index (χ1v) is 13.2. The highest BCUT2D eigenvalue weighted by Gasteiger charge is 2.37. The molecule has 2 amide bonds. The van der Waals surface area contributed by atoms with Crippen LogP contribution in [0.4, 0.5) is 0 Å². The number of benzene rings is 1. The Morgan fingerprint density at radius 1 is 0.829 bits per heavy atom. The van der Waals surface area contributed by atoms with Crippen LogP contribution in [-0.2, 0) is 16.1 Å². The minimum atomic E-state index is -2.07. The fourth-order valence-electron chi connectivity index (χ4n) is 3.77. The number of carboxylic acid groups (broad SMARTS) is 1. The number of carboxylic acids is 1. The lowest BCUT2D eigenvalue weighted by molar-refractivity contribution is -0.149. The third kappa shape index (κ3) is 13.3. The molecule has 1 aromatic rings. The molecule has 1 rings (SSSR count). The van der Waals surface area contributed by atoms with Gasteiger partial charge in [-0.3, -0.25) is 9.59 Å². The number of nitrogens with one attached hydrogen (secondary N) is 3. The standard InChI is InChI=1S/C27H45N3O5/c1-3-5-7-9-10-11-12-14-24(31)30-27(35,26(34)29-19-13-8-6-4-2)21-28-20-22-15-17-23(18-16-22)25(32)33/h15-18,28,35H,3-14,19-21H2,1-2H3,(H,29,34)(H,30,31)(H,32,33). The van der Waals surface area contributed by atoms with Crippen LogP contribution in [0.15, 0.2) is 24.3 Å². The number of amides is 2. The van der Waals surface area contributed by atoms with Crippen LogP contribution in [0.3, 0.4) is 0 Å². The van der Waals surface area contributed by atoms with E-state index in [1.54, 1.807) is 12.1 Å². The lowest BCUT2D eigenvalue weighted by Crippen LogP contribution is -2.63. The summed E-state index contributed by atoms with van der Waals surface area (Å²) in [6, 6.07) is 6.34. The number of carbonyl (C=O) groups excluding carboxylic acids is 2. The first-order valence-electron chi connectivity index (χ1n) is 13.2. The number of hydrogen-bond acceptors (Lipinski definition) is 5. The maximum Gasteiger partial charge on any atom is 0.335 e. The van der Waals surface area contributed by atoms with Crippen LogP contribution in [0.2, 0.25) is 0 Å². The van der Waals surface area contributed by atoms with Crippen LogP contribution in [0, 0.1) is 0 Å². The van der Waals surface area contributed by atoms with Crippen molar-refractivity contribution in [1.29, 1.82) is 0 Å². The highest BCUT2D eigenvalue weighted by molar-refractivity contribution is 5.90. The molecule has 1 aromatic carbocycles. The molecule has 0 heterocycles. The van der Waals surface area contributed by atoms with Crippen molar-refractivity contribution in [3.8, 4) is 0 Å². The van der Waals surface area contributed by atoms with E-state index in [0.717, 1.165) is 56.9 Å². The Bertz CT molecular complexity index is 754. The van der Waals surface area contributed by atoms with E-state index in [1.807, 2.05) is 0 Å². The van der Waals surface area contributed by atoms with E-state index >= 15 is 0 Å². The van der Waals surface area contributed by atoms with E-state index in [4.69, 9.17) is 5.11 Å². The molecular formula is C27H45N3O5. The maximum atomic E-state index is 12.8. The van der Waals surface area contributed by atoms with Crippen molar-refractivity contribution in [3.63, 3.8) is 0 Å². The molecule has 1 unspecified atom stereocenters. The molecule has 0 saturated carbocycles. The van der Waals surface area contributed by atoms with Gasteiger partial charge in [-0.05, 0) is 30.5 Å². The van der Waals surface area contributed by atoms with Gasteiger partial charge in [0.1, 0.15) is 0 Å². The van der Waals surface area contributed by atoms with Crippen molar-refractivity contribution in [3.05, 3.63) is 35.4 Å². The Hall–Kier alpha value is -2.45. The summed E-state index contributed by atoms with van der Waals surface area (Å²) in [6.45, 7) is 4.86. The summed E-state index contributed by atoms with van der Waals surface area (Å²) < 4.78 is 0. The zero-order valence-corrected chi connectivity index (χ0v) is 21.5. The smallest absolute Gasteiger partial charge is 0.335 e. The highest BCUT2D eigenvalue weighted by Crippen LogP contribution is 2.10. The largest absolute Gasteiger partial charge is 0.478 e. The summed E-state index contributed by atoms with van der Waals surface area (Å²) in [6.07, 6.45) is 11.8. The number of rotatable bonds is 20. The van der Waals surface area contributed by atoms with E-state index in [2.05, 4.69) is 29.8 Å². The zero-order valence-electron chi connectivity index (χ0n) is 21.5. The topological polar surface area (TPSA) is 128 Å². The first-order chi connectivity index (χ1) is 16.8. The lowest BCUT2D eigenvalue weighted by atomic mass is 10.1. The predicted molar refractivity (Wildman–Crippen MR) is 138 cm³/mol. The number of unbranched alkanes of at least 4 members (excludes halogenated alkanes) is 9.